The maximum atomic E-state index is 12.8. The van der Waals surface area contributed by atoms with Crippen LogP contribution in [0.5, 0.6) is 0 Å². The number of likely N-dealkylation sites (tertiary alicyclic amines) is 1. The van der Waals surface area contributed by atoms with Gasteiger partial charge in [-0.2, -0.15) is 0 Å². The molecule has 4 rings (SSSR count). The molecule has 0 bridgehead atoms. The van der Waals surface area contributed by atoms with E-state index in [0.29, 0.717) is 34.7 Å². The van der Waals surface area contributed by atoms with E-state index in [-0.39, 0.29) is 30.9 Å². The third kappa shape index (κ3) is 4.78. The number of fused-ring (bicyclic) bond motifs is 1. The van der Waals surface area contributed by atoms with Gasteiger partial charge in [-0.3, -0.25) is 14.4 Å². The Morgan fingerprint density at radius 2 is 2.03 bits per heavy atom. The van der Waals surface area contributed by atoms with Crippen LogP contribution in [0, 0.1) is 5.92 Å². The van der Waals surface area contributed by atoms with Crippen LogP contribution in [0.15, 0.2) is 54.6 Å². The van der Waals surface area contributed by atoms with E-state index in [0.717, 1.165) is 12.8 Å². The van der Waals surface area contributed by atoms with Crippen LogP contribution in [-0.4, -0.2) is 52.0 Å². The quantitative estimate of drug-likeness (QED) is 0.305. The highest BCUT2D eigenvalue weighted by Gasteiger charge is 2.48. The number of nitrogens with two attached hydrogens (primary N) is 1. The summed E-state index contributed by atoms with van der Waals surface area (Å²) in [5.74, 6) is -1.66. The zero-order valence-electron chi connectivity index (χ0n) is 19.5. The first-order chi connectivity index (χ1) is 16.7. The predicted octanol–water partition coefficient (Wildman–Crippen LogP) is 2.23. The Balaban J connectivity index is 1.48. The van der Waals surface area contributed by atoms with Gasteiger partial charge in [-0.05, 0) is 55.3 Å². The zero-order valence-corrected chi connectivity index (χ0v) is 19.5. The lowest BCUT2D eigenvalue weighted by atomic mass is 9.82. The van der Waals surface area contributed by atoms with Gasteiger partial charge >= 0.3 is 0 Å². The van der Waals surface area contributed by atoms with Crippen molar-refractivity contribution in [1.29, 1.82) is 0 Å². The van der Waals surface area contributed by atoms with E-state index in [9.17, 15) is 24.6 Å². The summed E-state index contributed by atoms with van der Waals surface area (Å²) in [6, 6.07) is 11.2. The van der Waals surface area contributed by atoms with Crippen molar-refractivity contribution in [1.82, 2.24) is 4.90 Å². The monoisotopic (exact) mass is 478 g/mol. The minimum atomic E-state index is -1.86. The third-order valence-electron chi connectivity index (χ3n) is 6.74. The molecular weight excluding hydrogens is 448 g/mol. The van der Waals surface area contributed by atoms with Gasteiger partial charge in [0.25, 0.3) is 11.8 Å². The van der Waals surface area contributed by atoms with Crippen LogP contribution in [0.1, 0.15) is 42.1 Å². The minimum absolute atomic E-state index is 0.0558. The van der Waals surface area contributed by atoms with E-state index in [4.69, 9.17) is 5.73 Å². The Kier molecular flexibility index (Phi) is 6.90. The fraction of sp³-hybridized carbons (Fsp3) is 0.346. The molecule has 2 aliphatic heterocycles. The standard InChI is InChI=1S/C26H30N4O5/c1-16(4-2-6-23(32)30-13-3-5-20(30)15-31)26(35)21-14-19(11-12-22(21)29-25(26)34)28-24(33)17-7-9-18(27)10-8-17/h2,4,7-12,14,16,20,31,35H,3,5-6,13,15,27H2,1H3,(H,28,33)(H,29,34)/b4-2+/t16-,20-,26+/m0/s1. The fourth-order valence-electron chi connectivity index (χ4n) is 4.66. The number of benzene rings is 2. The van der Waals surface area contributed by atoms with E-state index in [1.807, 2.05) is 0 Å². The van der Waals surface area contributed by atoms with Crippen LogP contribution < -0.4 is 16.4 Å². The number of anilines is 3. The summed E-state index contributed by atoms with van der Waals surface area (Å²) in [7, 11) is 0. The molecular formula is C26H30N4O5. The van der Waals surface area contributed by atoms with Crippen molar-refractivity contribution in [3.05, 3.63) is 65.7 Å². The Morgan fingerprint density at radius 3 is 2.74 bits per heavy atom. The summed E-state index contributed by atoms with van der Waals surface area (Å²) >= 11 is 0. The summed E-state index contributed by atoms with van der Waals surface area (Å²) in [5, 5.41) is 26.3. The van der Waals surface area contributed by atoms with Crippen molar-refractivity contribution < 1.29 is 24.6 Å². The van der Waals surface area contributed by atoms with Crippen LogP contribution in [0.4, 0.5) is 17.1 Å². The molecule has 184 valence electrons. The summed E-state index contributed by atoms with van der Waals surface area (Å²) in [6.45, 7) is 2.26. The molecule has 2 aromatic carbocycles. The molecule has 2 aliphatic rings. The van der Waals surface area contributed by atoms with Gasteiger partial charge in [0.1, 0.15) is 0 Å². The third-order valence-corrected chi connectivity index (χ3v) is 6.74. The number of hydrogen-bond donors (Lipinski definition) is 5. The van der Waals surface area contributed by atoms with E-state index in [2.05, 4.69) is 10.6 Å². The zero-order chi connectivity index (χ0) is 25.2. The van der Waals surface area contributed by atoms with Gasteiger partial charge in [-0.25, -0.2) is 0 Å². The number of amides is 3. The minimum Gasteiger partial charge on any atom is -0.399 e. The van der Waals surface area contributed by atoms with Crippen LogP contribution in [0.2, 0.25) is 0 Å². The maximum absolute atomic E-state index is 12.8. The molecule has 9 nitrogen and oxygen atoms in total. The van der Waals surface area contributed by atoms with Gasteiger partial charge in [-0.15, -0.1) is 0 Å². The summed E-state index contributed by atoms with van der Waals surface area (Å²) in [5.41, 5.74) is 6.01. The molecule has 2 aromatic rings. The van der Waals surface area contributed by atoms with Crippen LogP contribution >= 0.6 is 0 Å². The average Bonchev–Trinajstić information content (AvgIpc) is 3.42. The number of nitrogens with zero attached hydrogens (tertiary/aromatic N) is 1. The Labute approximate surface area is 203 Å². The second kappa shape index (κ2) is 9.89. The van der Waals surface area contributed by atoms with Crippen molar-refractivity contribution in [3.8, 4) is 0 Å². The molecule has 1 saturated heterocycles. The molecule has 35 heavy (non-hydrogen) atoms. The van der Waals surface area contributed by atoms with Crippen molar-refractivity contribution in [2.45, 2.75) is 37.8 Å². The van der Waals surface area contributed by atoms with Gasteiger partial charge in [0, 0.05) is 47.1 Å². The molecule has 9 heteroatoms. The maximum Gasteiger partial charge on any atom is 0.261 e. The Morgan fingerprint density at radius 1 is 1.29 bits per heavy atom. The van der Waals surface area contributed by atoms with E-state index >= 15 is 0 Å². The Bertz CT molecular complexity index is 1160. The second-order valence-electron chi connectivity index (χ2n) is 9.04. The molecule has 0 radical (unpaired) electrons. The topological polar surface area (TPSA) is 145 Å². The molecule has 0 aromatic heterocycles. The molecule has 3 atom stereocenters. The molecule has 1 fully saturated rings. The lowest BCUT2D eigenvalue weighted by Crippen LogP contribution is -2.40. The largest absolute Gasteiger partial charge is 0.399 e. The molecule has 3 amide bonds. The number of nitrogens with one attached hydrogen (secondary N) is 2. The second-order valence-corrected chi connectivity index (χ2v) is 9.04. The summed E-state index contributed by atoms with van der Waals surface area (Å²) < 4.78 is 0. The highest BCUT2D eigenvalue weighted by atomic mass is 16.3. The summed E-state index contributed by atoms with van der Waals surface area (Å²) in [6.07, 6.45) is 5.07. The highest BCUT2D eigenvalue weighted by molar-refractivity contribution is 6.07. The molecule has 6 N–H and O–H groups in total. The number of aliphatic hydroxyl groups excluding tert-OH is 1. The Hall–Kier alpha value is -3.69. The summed E-state index contributed by atoms with van der Waals surface area (Å²) in [4.78, 5) is 39.6. The highest BCUT2D eigenvalue weighted by Crippen LogP contribution is 2.43. The van der Waals surface area contributed by atoms with Gasteiger partial charge < -0.3 is 31.5 Å². The van der Waals surface area contributed by atoms with E-state index in [1.165, 1.54) is 0 Å². The number of hydrogen-bond acceptors (Lipinski definition) is 6. The van der Waals surface area contributed by atoms with Gasteiger partial charge in [0.15, 0.2) is 5.60 Å². The van der Waals surface area contributed by atoms with Crippen LogP contribution in [0.3, 0.4) is 0 Å². The van der Waals surface area contributed by atoms with Gasteiger partial charge in [0.05, 0.1) is 12.6 Å². The fourth-order valence-corrected chi connectivity index (χ4v) is 4.66. The first-order valence-corrected chi connectivity index (χ1v) is 11.7. The van der Waals surface area contributed by atoms with Crippen LogP contribution in [0.25, 0.3) is 0 Å². The number of carbonyl (C=O) groups excluding carboxylic acids is 3. The molecule has 0 saturated carbocycles. The molecule has 0 unspecified atom stereocenters. The lowest BCUT2D eigenvalue weighted by molar-refractivity contribution is -0.137. The van der Waals surface area contributed by atoms with Crippen molar-refractivity contribution >= 4 is 34.8 Å². The van der Waals surface area contributed by atoms with Gasteiger partial charge in [-0.1, -0.05) is 19.1 Å². The first-order valence-electron chi connectivity index (χ1n) is 11.7. The number of aliphatic hydroxyl groups is 2. The van der Waals surface area contributed by atoms with Crippen molar-refractivity contribution in [3.63, 3.8) is 0 Å². The molecule has 2 heterocycles. The van der Waals surface area contributed by atoms with Crippen molar-refractivity contribution in [2.75, 3.05) is 29.5 Å². The average molecular weight is 479 g/mol. The van der Waals surface area contributed by atoms with Gasteiger partial charge in [0.2, 0.25) is 5.91 Å². The first kappa shape index (κ1) is 24.4. The molecule has 0 aliphatic carbocycles. The predicted molar refractivity (Wildman–Crippen MR) is 133 cm³/mol. The SMILES string of the molecule is C[C@@H](/C=C/CC(=O)N1CCC[C@H]1CO)[C@]1(O)C(=O)Nc2ccc(NC(=O)c3ccc(N)cc3)cc21. The smallest absolute Gasteiger partial charge is 0.261 e. The normalized spacial score (nSPS) is 22.2. The van der Waals surface area contributed by atoms with E-state index < -0.39 is 17.4 Å². The number of rotatable bonds is 7. The number of carbonyl (C=O) groups is 3. The lowest BCUT2D eigenvalue weighted by Gasteiger charge is -2.26. The van der Waals surface area contributed by atoms with Crippen molar-refractivity contribution in [2.24, 2.45) is 5.92 Å². The molecule has 0 spiro atoms. The number of nitrogen functional groups attached to an aromatic ring is 1. The van der Waals surface area contributed by atoms with E-state index in [1.54, 1.807) is 66.4 Å². The van der Waals surface area contributed by atoms with Crippen LogP contribution in [-0.2, 0) is 15.2 Å².